The largest absolute Gasteiger partial charge is 0.488 e. The number of aromatic amines is 1. The first kappa shape index (κ1) is 25.3. The molecule has 0 aliphatic rings. The van der Waals surface area contributed by atoms with Crippen molar-refractivity contribution < 1.29 is 31.6 Å². The molecule has 190 valence electrons. The van der Waals surface area contributed by atoms with Crippen molar-refractivity contribution in [3.8, 4) is 28.5 Å². The highest BCUT2D eigenvalue weighted by molar-refractivity contribution is 7.90. The van der Waals surface area contributed by atoms with Gasteiger partial charge in [0.05, 0.1) is 17.9 Å². The van der Waals surface area contributed by atoms with Crippen molar-refractivity contribution in [1.82, 2.24) is 20.3 Å². The molecule has 0 bridgehead atoms. The third-order valence-corrected chi connectivity index (χ3v) is 6.40. The molecule has 1 N–H and O–H groups in total. The van der Waals surface area contributed by atoms with Crippen LogP contribution in [0.25, 0.3) is 33.6 Å². The molecule has 4 aromatic rings. The second-order valence-corrected chi connectivity index (χ2v) is 10.5. The Morgan fingerprint density at radius 2 is 1.92 bits per heavy atom. The van der Waals surface area contributed by atoms with Crippen LogP contribution in [0, 0.1) is 5.82 Å². The summed E-state index contributed by atoms with van der Waals surface area (Å²) in [6.45, 7) is 0.652. The topological polar surface area (TPSA) is 128 Å². The Morgan fingerprint density at radius 3 is 2.61 bits per heavy atom. The minimum atomic E-state index is -3.17. The fraction of sp³-hybridized carbons (Fsp3) is 0.292. The molecule has 2 aromatic heterocycles. The molecule has 2 aromatic carbocycles. The van der Waals surface area contributed by atoms with Crippen LogP contribution in [-0.2, 0) is 14.6 Å². The molecule has 0 fully saturated rings. The van der Waals surface area contributed by atoms with Gasteiger partial charge in [0.25, 0.3) is 5.91 Å². The maximum absolute atomic E-state index is 14.5. The summed E-state index contributed by atoms with van der Waals surface area (Å²) in [6.07, 6.45) is 1.13. The molecule has 0 aliphatic carbocycles. The molecule has 4 rings (SSSR count). The van der Waals surface area contributed by atoms with Gasteiger partial charge in [-0.15, -0.1) is 0 Å². The second-order valence-electron chi connectivity index (χ2n) is 8.25. The molecule has 36 heavy (non-hydrogen) atoms. The Kier molecular flexibility index (Phi) is 7.36. The average molecular weight is 517 g/mol. The van der Waals surface area contributed by atoms with Gasteiger partial charge in [-0.1, -0.05) is 17.3 Å². The molecule has 12 heteroatoms. The van der Waals surface area contributed by atoms with E-state index in [1.165, 1.54) is 24.1 Å². The minimum Gasteiger partial charge on any atom is -0.488 e. The lowest BCUT2D eigenvalue weighted by atomic mass is 10.1. The number of H-pyrrole nitrogens is 1. The number of hydrogen-bond acceptors (Lipinski definition) is 8. The van der Waals surface area contributed by atoms with Gasteiger partial charge in [0.1, 0.15) is 27.8 Å². The van der Waals surface area contributed by atoms with Crippen LogP contribution in [0.5, 0.6) is 5.75 Å². The molecule has 1 amide bonds. The van der Waals surface area contributed by atoms with Gasteiger partial charge in [-0.3, -0.25) is 9.89 Å². The summed E-state index contributed by atoms with van der Waals surface area (Å²) in [4.78, 5) is 13.9. The van der Waals surface area contributed by atoms with Gasteiger partial charge in [-0.25, -0.2) is 12.8 Å². The molecule has 0 aliphatic heterocycles. The first-order chi connectivity index (χ1) is 17.2. The highest BCUT2D eigenvalue weighted by Gasteiger charge is 2.18. The van der Waals surface area contributed by atoms with Crippen molar-refractivity contribution in [2.45, 2.75) is 0 Å². The van der Waals surface area contributed by atoms with Crippen molar-refractivity contribution in [3.63, 3.8) is 0 Å². The van der Waals surface area contributed by atoms with Crippen molar-refractivity contribution in [2.75, 3.05) is 45.9 Å². The normalized spacial score (nSPS) is 11.7. The van der Waals surface area contributed by atoms with Crippen LogP contribution in [0.2, 0.25) is 0 Å². The van der Waals surface area contributed by atoms with Crippen LogP contribution < -0.4 is 4.74 Å². The number of ether oxygens (including phenoxy) is 2. The molecule has 0 atom stereocenters. The van der Waals surface area contributed by atoms with Crippen LogP contribution in [0.15, 0.2) is 47.0 Å². The number of carbonyl (C=O) groups is 1. The lowest BCUT2D eigenvalue weighted by molar-refractivity contribution is 0.0803. The number of hydrogen-bond donors (Lipinski definition) is 1. The van der Waals surface area contributed by atoms with Gasteiger partial charge in [-0.05, 0) is 18.2 Å². The van der Waals surface area contributed by atoms with Gasteiger partial charge >= 0.3 is 0 Å². The first-order valence-corrected chi connectivity index (χ1v) is 13.0. The van der Waals surface area contributed by atoms with E-state index in [9.17, 15) is 17.6 Å². The molecular weight excluding hydrogens is 491 g/mol. The molecule has 10 nitrogen and oxygen atoms in total. The number of methoxy groups -OCH3 is 1. The van der Waals surface area contributed by atoms with Crippen molar-refractivity contribution >= 4 is 26.6 Å². The third-order valence-electron chi connectivity index (χ3n) is 5.48. The van der Waals surface area contributed by atoms with E-state index in [0.717, 1.165) is 6.26 Å². The summed E-state index contributed by atoms with van der Waals surface area (Å²) in [5.41, 5.74) is 2.58. The fourth-order valence-corrected chi connectivity index (χ4v) is 4.09. The van der Waals surface area contributed by atoms with Crippen molar-refractivity contribution in [1.29, 1.82) is 0 Å². The Bertz CT molecular complexity index is 1480. The number of amides is 1. The van der Waals surface area contributed by atoms with E-state index in [0.29, 0.717) is 45.8 Å². The number of rotatable bonds is 10. The fourth-order valence-electron chi connectivity index (χ4n) is 3.48. The lowest BCUT2D eigenvalue weighted by Crippen LogP contribution is -2.31. The van der Waals surface area contributed by atoms with E-state index in [-0.39, 0.29) is 30.6 Å². The number of sulfone groups is 1. The molecule has 2 heterocycles. The Balaban J connectivity index is 1.51. The van der Waals surface area contributed by atoms with Gasteiger partial charge in [0.15, 0.2) is 17.3 Å². The highest BCUT2D eigenvalue weighted by atomic mass is 32.2. The summed E-state index contributed by atoms with van der Waals surface area (Å²) >= 11 is 0. The molecule has 0 unspecified atom stereocenters. The van der Waals surface area contributed by atoms with E-state index in [1.807, 2.05) is 0 Å². The Labute approximate surface area is 206 Å². The van der Waals surface area contributed by atoms with Crippen LogP contribution in [0.1, 0.15) is 10.4 Å². The number of nitrogens with zero attached hydrogens (tertiary/aromatic N) is 3. The first-order valence-electron chi connectivity index (χ1n) is 11.0. The van der Waals surface area contributed by atoms with Crippen molar-refractivity contribution in [2.24, 2.45) is 0 Å². The Hall–Kier alpha value is -3.77. The summed E-state index contributed by atoms with van der Waals surface area (Å²) < 4.78 is 53.0. The zero-order chi connectivity index (χ0) is 25.9. The average Bonchev–Trinajstić information content (AvgIpc) is 3.49. The number of nitrogens with one attached hydrogen (secondary N) is 1. The number of benzene rings is 2. The van der Waals surface area contributed by atoms with Gasteiger partial charge in [-0.2, -0.15) is 5.10 Å². The second kappa shape index (κ2) is 10.5. The Morgan fingerprint density at radius 1 is 1.17 bits per heavy atom. The number of carbonyl (C=O) groups excluding carboxylic acids is 1. The predicted octanol–water partition coefficient (Wildman–Crippen LogP) is 3.17. The maximum atomic E-state index is 14.5. The van der Waals surface area contributed by atoms with Crippen LogP contribution in [0.3, 0.4) is 0 Å². The van der Waals surface area contributed by atoms with Crippen LogP contribution in [-0.4, -0.2) is 80.5 Å². The molecule has 0 saturated heterocycles. The summed E-state index contributed by atoms with van der Waals surface area (Å²) in [6, 6.07) is 11.2. The minimum absolute atomic E-state index is 0.0876. The molecular formula is C24H25FN4O6S. The van der Waals surface area contributed by atoms with Crippen LogP contribution >= 0.6 is 0 Å². The van der Waals surface area contributed by atoms with Crippen LogP contribution in [0.4, 0.5) is 4.39 Å². The van der Waals surface area contributed by atoms with Gasteiger partial charge in [0, 0.05) is 55.6 Å². The lowest BCUT2D eigenvalue weighted by Gasteiger charge is -2.16. The molecule has 0 saturated carbocycles. The van der Waals surface area contributed by atoms with E-state index in [1.54, 1.807) is 37.4 Å². The quantitative estimate of drug-likeness (QED) is 0.319. The van der Waals surface area contributed by atoms with E-state index >= 15 is 0 Å². The van der Waals surface area contributed by atoms with E-state index < -0.39 is 15.7 Å². The summed E-state index contributed by atoms with van der Waals surface area (Å²) in [7, 11) is -0.0816. The van der Waals surface area contributed by atoms with Gasteiger partial charge in [0.2, 0.25) is 0 Å². The third kappa shape index (κ3) is 5.71. The number of halogens is 1. The summed E-state index contributed by atoms with van der Waals surface area (Å²) in [5.74, 6) is -0.512. The standard InChI is InChI=1S/C24H25FN4O6S/c1-29(8-11-36(3,31)32)24(30)16-6-4-15(5-7-16)19-13-22(35-28-19)23-17-12-18(25)21(34-10-9-33-2)14-20(17)26-27-23/h4-7,12-14H,8-11H2,1-3H3,(H,26,27). The summed E-state index contributed by atoms with van der Waals surface area (Å²) in [5, 5.41) is 11.7. The maximum Gasteiger partial charge on any atom is 0.253 e. The highest BCUT2D eigenvalue weighted by Crippen LogP contribution is 2.33. The number of fused-ring (bicyclic) bond motifs is 1. The zero-order valence-electron chi connectivity index (χ0n) is 19.9. The van der Waals surface area contributed by atoms with Crippen molar-refractivity contribution in [3.05, 3.63) is 53.8 Å². The monoisotopic (exact) mass is 516 g/mol. The van der Waals surface area contributed by atoms with E-state index in [4.69, 9.17) is 14.0 Å². The smallest absolute Gasteiger partial charge is 0.253 e. The predicted molar refractivity (Wildman–Crippen MR) is 131 cm³/mol. The molecule has 0 spiro atoms. The zero-order valence-corrected chi connectivity index (χ0v) is 20.8. The van der Waals surface area contributed by atoms with Gasteiger partial charge < -0.3 is 18.9 Å². The van der Waals surface area contributed by atoms with E-state index in [2.05, 4.69) is 15.4 Å². The number of aromatic nitrogens is 3. The molecule has 0 radical (unpaired) electrons. The SMILES string of the molecule is COCCOc1cc2[nH]nc(-c3cc(-c4ccc(C(=O)N(C)CCS(C)(=O)=O)cc4)no3)c2cc1F.